The Bertz CT molecular complexity index is 1020. The first-order valence-electron chi connectivity index (χ1n) is 10.7. The second-order valence-corrected chi connectivity index (χ2v) is 10.7. The Hall–Kier alpha value is -2.89. The average Bonchev–Trinajstić information content (AvgIpc) is 3.13. The summed E-state index contributed by atoms with van der Waals surface area (Å²) in [4.78, 5) is 38.3. The fourth-order valence-corrected chi connectivity index (χ4v) is 3.72. The molecule has 0 radical (unpaired) electrons. The smallest absolute Gasteiger partial charge is 0.458 e. The highest BCUT2D eigenvalue weighted by Gasteiger charge is 2.29. The van der Waals surface area contributed by atoms with Crippen LogP contribution in [0.2, 0.25) is 0 Å². The summed E-state index contributed by atoms with van der Waals surface area (Å²) >= 11 is 1.26. The molecule has 0 bridgehead atoms. The van der Waals surface area contributed by atoms with Crippen LogP contribution in [0.25, 0.3) is 0 Å². The molecule has 0 aliphatic heterocycles. The summed E-state index contributed by atoms with van der Waals surface area (Å²) in [6.07, 6.45) is -0.637. The van der Waals surface area contributed by atoms with Crippen LogP contribution < -0.4 is 16.1 Å². The second-order valence-electron chi connectivity index (χ2n) is 9.69. The van der Waals surface area contributed by atoms with Gasteiger partial charge in [-0.25, -0.2) is 9.59 Å². The molecule has 2 amide bonds. The van der Waals surface area contributed by atoms with Gasteiger partial charge in [0, 0.05) is 22.4 Å². The minimum atomic E-state index is -1.65. The SMILES string of the molecule is CC(C)(C)OC(=O)N[C@@H](Cc1cc(C(=O)Nc2cccc(B(O)O)c2)cs1)C(=O)OC(C)(C)C. The molecule has 0 fully saturated rings. The van der Waals surface area contributed by atoms with Gasteiger partial charge in [0.2, 0.25) is 0 Å². The number of ether oxygens (including phenoxy) is 2. The summed E-state index contributed by atoms with van der Waals surface area (Å²) in [6.45, 7) is 10.3. The van der Waals surface area contributed by atoms with Gasteiger partial charge in [0.05, 0.1) is 5.56 Å². The van der Waals surface area contributed by atoms with E-state index in [1.165, 1.54) is 23.5 Å². The number of amides is 2. The molecule has 0 aliphatic carbocycles. The van der Waals surface area contributed by atoms with Crippen molar-refractivity contribution in [2.45, 2.75) is 65.2 Å². The number of rotatable bonds is 7. The molecule has 2 rings (SSSR count). The van der Waals surface area contributed by atoms with Crippen LogP contribution in [0.4, 0.5) is 10.5 Å². The zero-order valence-electron chi connectivity index (χ0n) is 20.2. The zero-order chi connectivity index (χ0) is 25.7. The molecular weight excluding hydrogens is 459 g/mol. The molecule has 0 saturated carbocycles. The maximum atomic E-state index is 12.7. The van der Waals surface area contributed by atoms with Crippen LogP contribution in [-0.4, -0.2) is 52.4 Å². The molecule has 9 nitrogen and oxygen atoms in total. The number of thiophene rings is 1. The number of alkyl carbamates (subject to hydrolysis) is 1. The lowest BCUT2D eigenvalue weighted by Gasteiger charge is -2.26. The van der Waals surface area contributed by atoms with Gasteiger partial charge in [-0.15, -0.1) is 11.3 Å². The van der Waals surface area contributed by atoms with E-state index >= 15 is 0 Å². The molecule has 1 aromatic heterocycles. The Morgan fingerprint density at radius 3 is 2.26 bits per heavy atom. The third-order valence-corrected chi connectivity index (χ3v) is 5.11. The predicted octanol–water partition coefficient (Wildman–Crippen LogP) is 2.46. The number of hydrogen-bond donors (Lipinski definition) is 4. The number of carbonyl (C=O) groups excluding carboxylic acids is 3. The average molecular weight is 490 g/mol. The molecule has 2 aromatic rings. The number of benzene rings is 1. The van der Waals surface area contributed by atoms with Crippen LogP contribution >= 0.6 is 11.3 Å². The van der Waals surface area contributed by atoms with Crippen molar-refractivity contribution in [2.24, 2.45) is 0 Å². The molecular formula is C23H31BN2O7S. The summed E-state index contributed by atoms with van der Waals surface area (Å²) < 4.78 is 10.7. The van der Waals surface area contributed by atoms with Gasteiger partial charge in [-0.05, 0) is 65.2 Å². The van der Waals surface area contributed by atoms with E-state index in [0.717, 1.165) is 0 Å². The first-order valence-corrected chi connectivity index (χ1v) is 11.6. The standard InChI is InChI=1S/C23H31BN2O7S/c1-22(2,3)32-20(28)18(26-21(29)33-23(4,5)6)12-17-10-14(13-34-17)19(27)25-16-9-7-8-15(11-16)24(30)31/h7-11,13,18,30-31H,12H2,1-6H3,(H,25,27)(H,26,29)/t18-/m0/s1. The van der Waals surface area contributed by atoms with Crippen molar-refractivity contribution in [2.75, 3.05) is 5.32 Å². The molecule has 34 heavy (non-hydrogen) atoms. The van der Waals surface area contributed by atoms with E-state index in [-0.39, 0.29) is 11.9 Å². The highest BCUT2D eigenvalue weighted by Crippen LogP contribution is 2.20. The summed E-state index contributed by atoms with van der Waals surface area (Å²) in [5.41, 5.74) is -0.476. The van der Waals surface area contributed by atoms with Crippen LogP contribution in [0.1, 0.15) is 56.8 Å². The van der Waals surface area contributed by atoms with Gasteiger partial charge in [0.25, 0.3) is 5.91 Å². The van der Waals surface area contributed by atoms with Crippen LogP contribution in [0.3, 0.4) is 0 Å². The Labute approximate surface area is 203 Å². The highest BCUT2D eigenvalue weighted by atomic mass is 32.1. The summed E-state index contributed by atoms with van der Waals surface area (Å²) in [7, 11) is -1.65. The minimum Gasteiger partial charge on any atom is -0.458 e. The van der Waals surface area contributed by atoms with E-state index < -0.39 is 42.3 Å². The normalized spacial score (nSPS) is 12.5. The van der Waals surface area contributed by atoms with Crippen molar-refractivity contribution in [3.8, 4) is 0 Å². The number of carbonyl (C=O) groups is 3. The van der Waals surface area contributed by atoms with Gasteiger partial charge in [-0.3, -0.25) is 4.79 Å². The second kappa shape index (κ2) is 11.0. The fourth-order valence-electron chi connectivity index (χ4n) is 2.80. The first kappa shape index (κ1) is 27.4. The lowest BCUT2D eigenvalue weighted by Crippen LogP contribution is -2.47. The summed E-state index contributed by atoms with van der Waals surface area (Å²) in [5.74, 6) is -1.02. The molecule has 1 heterocycles. The Morgan fingerprint density at radius 2 is 1.68 bits per heavy atom. The number of nitrogens with one attached hydrogen (secondary N) is 2. The van der Waals surface area contributed by atoms with Crippen molar-refractivity contribution in [3.63, 3.8) is 0 Å². The van der Waals surface area contributed by atoms with Crippen LogP contribution in [-0.2, 0) is 20.7 Å². The fraction of sp³-hybridized carbons (Fsp3) is 0.435. The van der Waals surface area contributed by atoms with E-state index in [2.05, 4.69) is 10.6 Å². The van der Waals surface area contributed by atoms with Gasteiger partial charge in [-0.1, -0.05) is 12.1 Å². The molecule has 11 heteroatoms. The predicted molar refractivity (Wildman–Crippen MR) is 131 cm³/mol. The van der Waals surface area contributed by atoms with Crippen molar-refractivity contribution in [1.82, 2.24) is 5.32 Å². The topological polar surface area (TPSA) is 134 Å². The maximum absolute atomic E-state index is 12.7. The third-order valence-electron chi connectivity index (χ3n) is 4.15. The van der Waals surface area contributed by atoms with E-state index in [9.17, 15) is 24.4 Å². The largest absolute Gasteiger partial charge is 0.488 e. The number of esters is 1. The van der Waals surface area contributed by atoms with Crippen molar-refractivity contribution >= 4 is 47.6 Å². The van der Waals surface area contributed by atoms with Gasteiger partial charge in [0.1, 0.15) is 17.2 Å². The van der Waals surface area contributed by atoms with Gasteiger partial charge in [0.15, 0.2) is 0 Å². The van der Waals surface area contributed by atoms with Crippen LogP contribution in [0.15, 0.2) is 35.7 Å². The Balaban J connectivity index is 2.13. The van der Waals surface area contributed by atoms with Gasteiger partial charge in [-0.2, -0.15) is 0 Å². The van der Waals surface area contributed by atoms with Crippen molar-refractivity contribution < 1.29 is 33.9 Å². The van der Waals surface area contributed by atoms with Gasteiger partial charge < -0.3 is 30.2 Å². The van der Waals surface area contributed by atoms with E-state index in [1.54, 1.807) is 65.1 Å². The summed E-state index contributed by atoms with van der Waals surface area (Å²) in [6, 6.07) is 6.82. The third kappa shape index (κ3) is 9.16. The van der Waals surface area contributed by atoms with Crippen molar-refractivity contribution in [1.29, 1.82) is 0 Å². The van der Waals surface area contributed by atoms with Crippen LogP contribution in [0, 0.1) is 0 Å². The van der Waals surface area contributed by atoms with E-state index in [0.29, 0.717) is 16.1 Å². The molecule has 0 aliphatic rings. The maximum Gasteiger partial charge on any atom is 0.488 e. The monoisotopic (exact) mass is 490 g/mol. The number of anilines is 1. The lowest BCUT2D eigenvalue weighted by molar-refractivity contribution is -0.157. The molecule has 0 saturated heterocycles. The molecule has 184 valence electrons. The molecule has 0 unspecified atom stereocenters. The Morgan fingerprint density at radius 1 is 1.03 bits per heavy atom. The summed E-state index contributed by atoms with van der Waals surface area (Å²) in [5, 5.41) is 25.5. The van der Waals surface area contributed by atoms with Crippen molar-refractivity contribution in [3.05, 3.63) is 46.2 Å². The lowest BCUT2D eigenvalue weighted by atomic mass is 9.80. The van der Waals surface area contributed by atoms with E-state index in [4.69, 9.17) is 9.47 Å². The first-order chi connectivity index (χ1) is 15.6. The Kier molecular flexibility index (Phi) is 8.87. The molecule has 0 spiro atoms. The van der Waals surface area contributed by atoms with E-state index in [1.807, 2.05) is 0 Å². The van der Waals surface area contributed by atoms with Crippen LogP contribution in [0.5, 0.6) is 0 Å². The molecule has 1 atom stereocenters. The van der Waals surface area contributed by atoms with Gasteiger partial charge >= 0.3 is 19.2 Å². The molecule has 1 aromatic carbocycles. The zero-order valence-corrected chi connectivity index (χ0v) is 21.0. The molecule has 4 N–H and O–H groups in total. The highest BCUT2D eigenvalue weighted by molar-refractivity contribution is 7.10. The minimum absolute atomic E-state index is 0.109. The quantitative estimate of drug-likeness (QED) is 0.346. The number of hydrogen-bond acceptors (Lipinski definition) is 8.